The third-order valence-electron chi connectivity index (χ3n) is 5.76. The molecule has 0 atom stereocenters. The molecule has 0 fully saturated rings. The number of imidazole rings is 1. The number of carbonyl (C=O) groups is 2. The van der Waals surface area contributed by atoms with Gasteiger partial charge in [-0.25, -0.2) is 9.78 Å². The van der Waals surface area contributed by atoms with Gasteiger partial charge in [-0.1, -0.05) is 48.5 Å². The van der Waals surface area contributed by atoms with Crippen LogP contribution in [0.4, 0.5) is 11.4 Å². The number of carbonyl (C=O) groups excluding carboxylic acids is 2. The quantitative estimate of drug-likeness (QED) is 0.290. The normalized spacial score (nSPS) is 13.8. The van der Waals surface area contributed by atoms with Crippen molar-refractivity contribution in [2.45, 2.75) is 6.92 Å². The Labute approximate surface area is 196 Å². The fraction of sp³-hybridized carbons (Fsp3) is 0.0741. The number of methoxy groups -OCH3 is 1. The second kappa shape index (κ2) is 8.71. The summed E-state index contributed by atoms with van der Waals surface area (Å²) >= 11 is 0. The van der Waals surface area contributed by atoms with Crippen molar-refractivity contribution in [1.29, 1.82) is 0 Å². The van der Waals surface area contributed by atoms with Crippen molar-refractivity contribution >= 4 is 34.5 Å². The van der Waals surface area contributed by atoms with Crippen molar-refractivity contribution < 1.29 is 14.3 Å². The Balaban J connectivity index is 1.58. The van der Waals surface area contributed by atoms with Crippen molar-refractivity contribution in [2.75, 3.05) is 17.7 Å². The van der Waals surface area contributed by atoms with Crippen LogP contribution < -0.4 is 10.6 Å². The van der Waals surface area contributed by atoms with Crippen LogP contribution in [0, 0.1) is 6.92 Å². The smallest absolute Gasteiger partial charge is 0.337 e. The Morgan fingerprint density at radius 3 is 2.41 bits per heavy atom. The predicted octanol–water partition coefficient (Wildman–Crippen LogP) is 5.10. The molecular weight excluding hydrogens is 428 g/mol. The summed E-state index contributed by atoms with van der Waals surface area (Å²) in [5.41, 5.74) is 7.43. The van der Waals surface area contributed by atoms with E-state index in [9.17, 15) is 9.59 Å². The molecule has 0 unspecified atom stereocenters. The van der Waals surface area contributed by atoms with Gasteiger partial charge in [0.1, 0.15) is 0 Å². The van der Waals surface area contributed by atoms with Crippen LogP contribution >= 0.6 is 0 Å². The number of rotatable bonds is 5. The summed E-state index contributed by atoms with van der Waals surface area (Å²) in [6.45, 7) is 1.98. The molecule has 1 aliphatic rings. The number of hydrogen-bond donors (Lipinski definition) is 3. The number of esters is 1. The molecule has 4 aromatic rings. The highest BCUT2D eigenvalue weighted by atomic mass is 16.5. The summed E-state index contributed by atoms with van der Waals surface area (Å²) in [6, 6.07) is 22.6. The Morgan fingerprint density at radius 1 is 0.971 bits per heavy atom. The highest BCUT2D eigenvalue weighted by Gasteiger charge is 2.29. The van der Waals surface area contributed by atoms with E-state index in [-0.39, 0.29) is 5.91 Å². The van der Waals surface area contributed by atoms with Crippen LogP contribution in [0.15, 0.2) is 79.1 Å². The number of aromatic amines is 1. The van der Waals surface area contributed by atoms with Crippen LogP contribution in [0.5, 0.6) is 0 Å². The minimum atomic E-state index is -0.455. The lowest BCUT2D eigenvalue weighted by Gasteiger charge is -2.15. The van der Waals surface area contributed by atoms with Gasteiger partial charge in [0.05, 0.1) is 41.7 Å². The van der Waals surface area contributed by atoms with E-state index in [1.54, 1.807) is 24.5 Å². The lowest BCUT2D eigenvalue weighted by atomic mass is 9.99. The van der Waals surface area contributed by atoms with E-state index in [4.69, 9.17) is 4.74 Å². The molecule has 3 N–H and O–H groups in total. The second-order valence-corrected chi connectivity index (χ2v) is 7.90. The van der Waals surface area contributed by atoms with Crippen LogP contribution in [0.2, 0.25) is 0 Å². The number of amides is 1. The third kappa shape index (κ3) is 3.84. The molecule has 34 heavy (non-hydrogen) atoms. The molecule has 5 rings (SSSR count). The highest BCUT2D eigenvalue weighted by molar-refractivity contribution is 6.37. The van der Waals surface area contributed by atoms with E-state index in [1.807, 2.05) is 61.5 Å². The zero-order valence-electron chi connectivity index (χ0n) is 18.7. The first kappa shape index (κ1) is 21.2. The van der Waals surface area contributed by atoms with Crippen molar-refractivity contribution in [3.8, 4) is 11.3 Å². The van der Waals surface area contributed by atoms with Crippen molar-refractivity contribution in [3.05, 3.63) is 102 Å². The summed E-state index contributed by atoms with van der Waals surface area (Å²) in [6.07, 6.45) is 1.68. The molecule has 2 heterocycles. The van der Waals surface area contributed by atoms with Gasteiger partial charge in [-0.3, -0.25) is 4.79 Å². The van der Waals surface area contributed by atoms with E-state index in [0.29, 0.717) is 28.1 Å². The number of fused-ring (bicyclic) bond motifs is 1. The van der Waals surface area contributed by atoms with E-state index < -0.39 is 5.97 Å². The first-order valence-electron chi connectivity index (χ1n) is 10.8. The first-order valence-corrected chi connectivity index (χ1v) is 10.8. The number of aromatic nitrogens is 2. The average Bonchev–Trinajstić information content (AvgIpc) is 3.44. The van der Waals surface area contributed by atoms with Crippen LogP contribution in [-0.2, 0) is 9.53 Å². The molecule has 1 amide bonds. The molecule has 0 spiro atoms. The number of nitrogens with zero attached hydrogens (tertiary/aromatic N) is 1. The topological polar surface area (TPSA) is 96.1 Å². The van der Waals surface area contributed by atoms with Gasteiger partial charge in [-0.2, -0.15) is 0 Å². The van der Waals surface area contributed by atoms with Gasteiger partial charge < -0.3 is 20.4 Å². The van der Waals surface area contributed by atoms with Crippen molar-refractivity contribution in [2.24, 2.45) is 0 Å². The molecule has 0 saturated heterocycles. The Hall–Kier alpha value is -4.65. The number of ether oxygens (including phenoxy) is 1. The second-order valence-electron chi connectivity index (χ2n) is 7.90. The van der Waals surface area contributed by atoms with Crippen LogP contribution in [0.3, 0.4) is 0 Å². The number of nitrogens with one attached hydrogen (secondary N) is 3. The highest BCUT2D eigenvalue weighted by Crippen LogP contribution is 2.38. The monoisotopic (exact) mass is 450 g/mol. The SMILES string of the molecule is COC(=O)c1ccc2c(c1)NC(=O)C2=C(Nc1ccc(-c2nc[nH]c2C)cc1)c1ccccc1. The van der Waals surface area contributed by atoms with E-state index >= 15 is 0 Å². The van der Waals surface area contributed by atoms with Gasteiger partial charge in [0, 0.05) is 22.5 Å². The number of anilines is 2. The Morgan fingerprint density at radius 2 is 1.74 bits per heavy atom. The number of aryl methyl sites for hydroxylation is 1. The van der Waals surface area contributed by atoms with Gasteiger partial charge in [-0.15, -0.1) is 0 Å². The largest absolute Gasteiger partial charge is 0.465 e. The third-order valence-corrected chi connectivity index (χ3v) is 5.76. The molecule has 0 saturated carbocycles. The molecule has 7 heteroatoms. The molecular formula is C27H22N4O3. The summed E-state index contributed by atoms with van der Waals surface area (Å²) < 4.78 is 4.81. The van der Waals surface area contributed by atoms with E-state index in [1.165, 1.54) is 7.11 Å². The standard InChI is InChI=1S/C27H22N4O3/c1-16-24(29-15-28-16)18-8-11-20(12-9-18)30-25(17-6-4-3-5-7-17)23-21-13-10-19(27(33)34-2)14-22(21)31-26(23)32/h3-15,30H,1-2H3,(H,28,29)(H,31,32). The minimum absolute atomic E-state index is 0.243. The number of H-pyrrole nitrogens is 1. The molecule has 0 radical (unpaired) electrons. The van der Waals surface area contributed by atoms with Crippen LogP contribution in [0.25, 0.3) is 22.5 Å². The summed E-state index contributed by atoms with van der Waals surface area (Å²) in [7, 11) is 1.33. The number of hydrogen-bond acceptors (Lipinski definition) is 5. The van der Waals surface area contributed by atoms with Gasteiger partial charge in [-0.05, 0) is 36.8 Å². The fourth-order valence-electron chi connectivity index (χ4n) is 4.06. The van der Waals surface area contributed by atoms with Gasteiger partial charge in [0.15, 0.2) is 0 Å². The number of benzene rings is 3. The fourth-order valence-corrected chi connectivity index (χ4v) is 4.06. The molecule has 1 aliphatic heterocycles. The lowest BCUT2D eigenvalue weighted by Crippen LogP contribution is -2.10. The molecule has 3 aromatic carbocycles. The van der Waals surface area contributed by atoms with Crippen LogP contribution in [-0.4, -0.2) is 29.0 Å². The summed E-state index contributed by atoms with van der Waals surface area (Å²) in [5.74, 6) is -0.699. The molecule has 0 aliphatic carbocycles. The van der Waals surface area contributed by atoms with Crippen molar-refractivity contribution in [1.82, 2.24) is 9.97 Å². The maximum absolute atomic E-state index is 13.1. The van der Waals surface area contributed by atoms with Gasteiger partial charge >= 0.3 is 5.97 Å². The molecule has 168 valence electrons. The van der Waals surface area contributed by atoms with Gasteiger partial charge in [0.2, 0.25) is 0 Å². The van der Waals surface area contributed by atoms with Crippen molar-refractivity contribution in [3.63, 3.8) is 0 Å². The maximum atomic E-state index is 13.1. The van der Waals surface area contributed by atoms with E-state index in [0.717, 1.165) is 28.2 Å². The van der Waals surface area contributed by atoms with Crippen LogP contribution in [0.1, 0.15) is 27.2 Å². The van der Waals surface area contributed by atoms with E-state index in [2.05, 4.69) is 20.6 Å². The molecule has 7 nitrogen and oxygen atoms in total. The Kier molecular flexibility index (Phi) is 5.43. The minimum Gasteiger partial charge on any atom is -0.465 e. The van der Waals surface area contributed by atoms with Gasteiger partial charge in [0.25, 0.3) is 5.91 Å². The molecule has 1 aromatic heterocycles. The predicted molar refractivity (Wildman–Crippen MR) is 132 cm³/mol. The average molecular weight is 450 g/mol. The molecule has 0 bridgehead atoms. The Bertz CT molecular complexity index is 1420. The zero-order chi connectivity index (χ0) is 23.7. The summed E-state index contributed by atoms with van der Waals surface area (Å²) in [4.78, 5) is 32.5. The summed E-state index contributed by atoms with van der Waals surface area (Å²) in [5, 5.41) is 6.32. The lowest BCUT2D eigenvalue weighted by molar-refractivity contribution is -0.110. The maximum Gasteiger partial charge on any atom is 0.337 e. The zero-order valence-corrected chi connectivity index (χ0v) is 18.7. The first-order chi connectivity index (χ1) is 16.5.